The molecule has 0 bridgehead atoms. The van der Waals surface area contributed by atoms with Gasteiger partial charge in [0.15, 0.2) is 0 Å². The fraction of sp³-hybridized carbons (Fsp3) is 0.0182. The van der Waals surface area contributed by atoms with E-state index in [0.29, 0.717) is 0 Å². The van der Waals surface area contributed by atoms with E-state index in [4.69, 9.17) is 0 Å². The Labute approximate surface area is 331 Å². The molecule has 2 heterocycles. The van der Waals surface area contributed by atoms with Gasteiger partial charge in [-0.25, -0.2) is 0 Å². The van der Waals surface area contributed by atoms with Crippen LogP contribution in [0.5, 0.6) is 0 Å². The van der Waals surface area contributed by atoms with E-state index < -0.39 is 5.41 Å². The molecular weight excluding hydrogens is 689 g/mol. The molecule has 11 aromatic rings. The lowest BCUT2D eigenvalue weighted by atomic mass is 9.68. The maximum absolute atomic E-state index is 2.49. The Morgan fingerprint density at radius 2 is 0.895 bits per heavy atom. The molecule has 2 heteroatoms. The van der Waals surface area contributed by atoms with Crippen LogP contribution in [-0.2, 0) is 5.41 Å². The summed E-state index contributed by atoms with van der Waals surface area (Å²) in [5, 5.41) is 5.01. The van der Waals surface area contributed by atoms with Crippen LogP contribution < -0.4 is 0 Å². The van der Waals surface area contributed by atoms with Gasteiger partial charge in [0.1, 0.15) is 0 Å². The molecule has 2 nitrogen and oxygen atoms in total. The van der Waals surface area contributed by atoms with Crippen molar-refractivity contribution < 1.29 is 0 Å². The van der Waals surface area contributed by atoms with Gasteiger partial charge < -0.3 is 9.13 Å². The van der Waals surface area contributed by atoms with Gasteiger partial charge in [-0.1, -0.05) is 176 Å². The first-order valence-electron chi connectivity index (χ1n) is 19.8. The highest BCUT2D eigenvalue weighted by Crippen LogP contribution is 2.56. The van der Waals surface area contributed by atoms with E-state index in [1.54, 1.807) is 0 Å². The lowest BCUT2D eigenvalue weighted by Gasteiger charge is -2.33. The Morgan fingerprint density at radius 1 is 0.316 bits per heavy atom. The van der Waals surface area contributed by atoms with Crippen LogP contribution in [0.3, 0.4) is 0 Å². The first kappa shape index (κ1) is 31.9. The number of para-hydroxylation sites is 2. The quantitative estimate of drug-likeness (QED) is 0.167. The van der Waals surface area contributed by atoms with Crippen LogP contribution in [0.25, 0.3) is 77.2 Å². The molecule has 0 saturated carbocycles. The zero-order valence-corrected chi connectivity index (χ0v) is 31.2. The minimum absolute atomic E-state index is 0.435. The summed E-state index contributed by atoms with van der Waals surface area (Å²) in [5.74, 6) is 0. The maximum atomic E-state index is 2.49. The second-order valence-electron chi connectivity index (χ2n) is 15.2. The Hall–Kier alpha value is -7.42. The first-order valence-corrected chi connectivity index (χ1v) is 19.8. The molecule has 0 N–H and O–H groups in total. The predicted molar refractivity (Wildman–Crippen MR) is 238 cm³/mol. The lowest BCUT2D eigenvalue weighted by molar-refractivity contribution is 0.768. The number of nitrogens with zero attached hydrogens (tertiary/aromatic N) is 2. The molecule has 0 atom stereocenters. The first-order chi connectivity index (χ1) is 28.3. The van der Waals surface area contributed by atoms with E-state index in [0.717, 1.165) is 11.4 Å². The Morgan fingerprint density at radius 3 is 1.65 bits per heavy atom. The molecule has 0 radical (unpaired) electrons. The molecule has 2 aromatic heterocycles. The summed E-state index contributed by atoms with van der Waals surface area (Å²) in [5.41, 5.74) is 16.8. The van der Waals surface area contributed by atoms with Crippen LogP contribution in [0.1, 0.15) is 22.3 Å². The molecule has 9 aromatic carbocycles. The summed E-state index contributed by atoms with van der Waals surface area (Å²) in [6.07, 6.45) is 0. The highest BCUT2D eigenvalue weighted by molar-refractivity contribution is 6.26. The number of hydrogen-bond donors (Lipinski definition) is 0. The maximum Gasteiger partial charge on any atom is 0.0713 e. The Bertz CT molecular complexity index is 3290. The third kappa shape index (κ3) is 4.47. The molecule has 0 unspecified atom stereocenters. The van der Waals surface area contributed by atoms with Crippen LogP contribution in [0.2, 0.25) is 0 Å². The van der Waals surface area contributed by atoms with Gasteiger partial charge >= 0.3 is 0 Å². The molecule has 0 fully saturated rings. The molecule has 1 aliphatic carbocycles. The molecule has 0 aliphatic heterocycles. The van der Waals surface area contributed by atoms with Gasteiger partial charge in [-0.15, -0.1) is 0 Å². The SMILES string of the molecule is c1ccc(-c2cccc(-n3c4ccccc4c4ccc5c(c6ccccc6n5-c5ccc6c(c5)-c5ccccc5C6(c5ccccc5)c5ccccc5)c43)c2)cc1. The second kappa shape index (κ2) is 12.3. The topological polar surface area (TPSA) is 9.86 Å². The minimum atomic E-state index is -0.435. The van der Waals surface area contributed by atoms with Gasteiger partial charge in [-0.2, -0.15) is 0 Å². The zero-order valence-electron chi connectivity index (χ0n) is 31.2. The van der Waals surface area contributed by atoms with Crippen molar-refractivity contribution in [2.24, 2.45) is 0 Å². The van der Waals surface area contributed by atoms with Crippen molar-refractivity contribution in [3.8, 4) is 33.6 Å². The molecule has 57 heavy (non-hydrogen) atoms. The average molecular weight is 725 g/mol. The lowest BCUT2D eigenvalue weighted by Crippen LogP contribution is -2.28. The van der Waals surface area contributed by atoms with Crippen LogP contribution in [0.4, 0.5) is 0 Å². The summed E-state index contributed by atoms with van der Waals surface area (Å²) in [6.45, 7) is 0. The van der Waals surface area contributed by atoms with E-state index >= 15 is 0 Å². The Balaban J connectivity index is 1.15. The van der Waals surface area contributed by atoms with Crippen LogP contribution in [0.15, 0.2) is 218 Å². The van der Waals surface area contributed by atoms with Crippen LogP contribution >= 0.6 is 0 Å². The third-order valence-corrected chi connectivity index (χ3v) is 12.4. The van der Waals surface area contributed by atoms with E-state index in [-0.39, 0.29) is 0 Å². The van der Waals surface area contributed by atoms with Gasteiger partial charge in [0.05, 0.1) is 27.5 Å². The highest BCUT2D eigenvalue weighted by atomic mass is 15.0. The predicted octanol–water partition coefficient (Wildman–Crippen LogP) is 13.9. The van der Waals surface area contributed by atoms with Gasteiger partial charge in [0.25, 0.3) is 0 Å². The molecule has 0 amide bonds. The van der Waals surface area contributed by atoms with E-state index in [1.807, 2.05) is 0 Å². The van der Waals surface area contributed by atoms with E-state index in [2.05, 4.69) is 228 Å². The van der Waals surface area contributed by atoms with Gasteiger partial charge in [-0.05, 0) is 87.0 Å². The number of hydrogen-bond acceptors (Lipinski definition) is 0. The smallest absolute Gasteiger partial charge is 0.0713 e. The molecule has 0 saturated heterocycles. The number of aromatic nitrogens is 2. The van der Waals surface area contributed by atoms with Crippen molar-refractivity contribution in [2.75, 3.05) is 0 Å². The summed E-state index contributed by atoms with van der Waals surface area (Å²) in [6, 6.07) is 80.4. The Kier molecular flexibility index (Phi) is 6.88. The summed E-state index contributed by atoms with van der Waals surface area (Å²) < 4.78 is 4.98. The normalized spacial score (nSPS) is 13.1. The minimum Gasteiger partial charge on any atom is -0.309 e. The number of fused-ring (bicyclic) bond motifs is 10. The monoisotopic (exact) mass is 724 g/mol. The molecule has 0 spiro atoms. The van der Waals surface area contributed by atoms with Crippen molar-refractivity contribution in [2.45, 2.75) is 5.41 Å². The third-order valence-electron chi connectivity index (χ3n) is 12.4. The van der Waals surface area contributed by atoms with Crippen molar-refractivity contribution in [3.63, 3.8) is 0 Å². The van der Waals surface area contributed by atoms with Gasteiger partial charge in [-0.3, -0.25) is 0 Å². The molecule has 1 aliphatic rings. The fourth-order valence-corrected chi connectivity index (χ4v) is 10.1. The zero-order chi connectivity index (χ0) is 37.5. The fourth-order valence-electron chi connectivity index (χ4n) is 10.1. The standard InChI is InChI=1S/C55H36N2/c1-4-17-37(18-5-1)38-19-16-24-41(35-38)57-50-29-14-11-26-44(50)45-32-34-52-53(54(45)57)46-27-12-15-30-51(46)56(52)42-31-33-49-47(36-42)43-25-10-13-28-48(43)55(49,39-20-6-2-7-21-39)40-22-8-3-9-23-40/h1-36H. The second-order valence-corrected chi connectivity index (χ2v) is 15.2. The summed E-state index contributed by atoms with van der Waals surface area (Å²) >= 11 is 0. The van der Waals surface area contributed by atoms with Crippen molar-refractivity contribution >= 4 is 43.6 Å². The number of benzene rings is 9. The van der Waals surface area contributed by atoms with E-state index in [9.17, 15) is 0 Å². The average Bonchev–Trinajstić information content (AvgIpc) is 3.91. The van der Waals surface area contributed by atoms with Crippen LogP contribution in [0, 0.1) is 0 Å². The summed E-state index contributed by atoms with van der Waals surface area (Å²) in [7, 11) is 0. The van der Waals surface area contributed by atoms with Gasteiger partial charge in [0, 0.05) is 32.9 Å². The molecule has 266 valence electrons. The van der Waals surface area contributed by atoms with Crippen molar-refractivity contribution in [1.82, 2.24) is 9.13 Å². The molecule has 12 rings (SSSR count). The van der Waals surface area contributed by atoms with Gasteiger partial charge in [0.2, 0.25) is 0 Å². The van der Waals surface area contributed by atoms with Crippen molar-refractivity contribution in [3.05, 3.63) is 241 Å². The molecular formula is C55H36N2. The van der Waals surface area contributed by atoms with Crippen molar-refractivity contribution in [1.29, 1.82) is 0 Å². The van der Waals surface area contributed by atoms with Crippen LogP contribution in [-0.4, -0.2) is 9.13 Å². The van der Waals surface area contributed by atoms with E-state index in [1.165, 1.54) is 88.1 Å². The highest BCUT2D eigenvalue weighted by Gasteiger charge is 2.46. The largest absolute Gasteiger partial charge is 0.309 e. The summed E-state index contributed by atoms with van der Waals surface area (Å²) in [4.78, 5) is 0. The number of rotatable bonds is 5.